The number of aromatic nitrogens is 3. The highest BCUT2D eigenvalue weighted by atomic mass is 32.1. The number of aryl methyl sites for hydroxylation is 3. The standard InChI is InChI=1S/C20H18N4OS/c1-12-5-4-10-24-11-17(23-19(12)24)15-6-8-16(9-7-15)22-20(25)18-13(2)21-14(3)26-18/h4-11H,1-3H3,(H,22,25). The maximum atomic E-state index is 12.4. The van der Waals surface area contributed by atoms with Crippen LogP contribution in [0.3, 0.4) is 0 Å². The molecule has 6 heteroatoms. The van der Waals surface area contributed by atoms with Crippen LogP contribution in [0.5, 0.6) is 0 Å². The fourth-order valence-electron chi connectivity index (χ4n) is 2.95. The number of hydrogen-bond acceptors (Lipinski definition) is 4. The molecule has 1 N–H and O–H groups in total. The molecule has 0 fully saturated rings. The SMILES string of the molecule is Cc1nc(C)c(C(=O)Nc2ccc(-c3cn4cccc(C)c4n3)cc2)s1. The largest absolute Gasteiger partial charge is 0.321 e. The number of rotatable bonds is 3. The van der Waals surface area contributed by atoms with E-state index in [2.05, 4.69) is 10.3 Å². The zero-order valence-corrected chi connectivity index (χ0v) is 15.6. The molecule has 0 saturated carbocycles. The van der Waals surface area contributed by atoms with Gasteiger partial charge < -0.3 is 9.72 Å². The van der Waals surface area contributed by atoms with Gasteiger partial charge in [-0.05, 0) is 44.5 Å². The third-order valence-electron chi connectivity index (χ3n) is 4.23. The molecule has 0 spiro atoms. The molecule has 1 amide bonds. The Morgan fingerprint density at radius 2 is 1.85 bits per heavy atom. The molecule has 130 valence electrons. The molecule has 0 radical (unpaired) electrons. The Bertz CT molecular complexity index is 1110. The highest BCUT2D eigenvalue weighted by Gasteiger charge is 2.14. The summed E-state index contributed by atoms with van der Waals surface area (Å²) >= 11 is 1.41. The first-order valence-electron chi connectivity index (χ1n) is 8.31. The molecule has 3 aromatic heterocycles. The van der Waals surface area contributed by atoms with E-state index in [0.717, 1.165) is 38.9 Å². The predicted octanol–water partition coefficient (Wildman–Crippen LogP) is 4.64. The number of hydrogen-bond donors (Lipinski definition) is 1. The lowest BCUT2D eigenvalue weighted by atomic mass is 10.1. The maximum absolute atomic E-state index is 12.4. The Morgan fingerprint density at radius 3 is 2.50 bits per heavy atom. The van der Waals surface area contributed by atoms with Crippen LogP contribution in [0.4, 0.5) is 5.69 Å². The molecule has 0 aliphatic rings. The van der Waals surface area contributed by atoms with Gasteiger partial charge in [0, 0.05) is 23.6 Å². The summed E-state index contributed by atoms with van der Waals surface area (Å²) in [4.78, 5) is 22.1. The molecule has 0 saturated heterocycles. The number of thiazole rings is 1. The number of pyridine rings is 1. The van der Waals surface area contributed by atoms with Crippen LogP contribution in [0.15, 0.2) is 48.8 Å². The highest BCUT2D eigenvalue weighted by Crippen LogP contribution is 2.24. The molecular formula is C20H18N4OS. The van der Waals surface area contributed by atoms with Gasteiger partial charge in [0.05, 0.1) is 16.4 Å². The number of anilines is 1. The summed E-state index contributed by atoms with van der Waals surface area (Å²) in [5.74, 6) is -0.121. The molecular weight excluding hydrogens is 344 g/mol. The summed E-state index contributed by atoms with van der Waals surface area (Å²) in [6.07, 6.45) is 4.01. The van der Waals surface area contributed by atoms with E-state index in [1.54, 1.807) is 0 Å². The number of benzene rings is 1. The number of amides is 1. The quantitative estimate of drug-likeness (QED) is 0.578. The number of nitrogens with zero attached hydrogens (tertiary/aromatic N) is 3. The number of carbonyl (C=O) groups is 1. The van der Waals surface area contributed by atoms with Crippen molar-refractivity contribution in [3.63, 3.8) is 0 Å². The molecule has 0 unspecified atom stereocenters. The molecule has 0 aliphatic heterocycles. The lowest BCUT2D eigenvalue weighted by Crippen LogP contribution is -2.11. The summed E-state index contributed by atoms with van der Waals surface area (Å²) in [6.45, 7) is 5.81. The first kappa shape index (κ1) is 16.5. The topological polar surface area (TPSA) is 59.3 Å². The molecule has 4 rings (SSSR count). The van der Waals surface area contributed by atoms with Crippen LogP contribution >= 0.6 is 11.3 Å². The fourth-order valence-corrected chi connectivity index (χ4v) is 3.76. The monoisotopic (exact) mass is 362 g/mol. The predicted molar refractivity (Wildman–Crippen MR) is 105 cm³/mol. The van der Waals surface area contributed by atoms with E-state index in [1.807, 2.05) is 74.0 Å². The van der Waals surface area contributed by atoms with Crippen LogP contribution in [-0.4, -0.2) is 20.3 Å². The van der Waals surface area contributed by atoms with Crippen LogP contribution < -0.4 is 5.32 Å². The summed E-state index contributed by atoms with van der Waals surface area (Å²) in [5, 5.41) is 3.83. The van der Waals surface area contributed by atoms with Crippen LogP contribution in [0, 0.1) is 20.8 Å². The highest BCUT2D eigenvalue weighted by molar-refractivity contribution is 7.13. The summed E-state index contributed by atoms with van der Waals surface area (Å²) < 4.78 is 2.02. The molecule has 1 aromatic carbocycles. The second-order valence-corrected chi connectivity index (χ2v) is 7.43. The average Bonchev–Trinajstić information content (AvgIpc) is 3.19. The number of nitrogens with one attached hydrogen (secondary N) is 1. The Labute approximate surface area is 155 Å². The summed E-state index contributed by atoms with van der Waals surface area (Å²) in [7, 11) is 0. The third-order valence-corrected chi connectivity index (χ3v) is 5.30. The van der Waals surface area contributed by atoms with Gasteiger partial charge >= 0.3 is 0 Å². The molecule has 3 heterocycles. The zero-order valence-electron chi connectivity index (χ0n) is 14.8. The Balaban J connectivity index is 1.57. The van der Waals surface area contributed by atoms with Gasteiger partial charge in [-0.1, -0.05) is 18.2 Å². The van der Waals surface area contributed by atoms with E-state index >= 15 is 0 Å². The minimum atomic E-state index is -0.121. The Hall–Kier alpha value is -2.99. The number of carbonyl (C=O) groups excluding carboxylic acids is 1. The lowest BCUT2D eigenvalue weighted by molar-refractivity contribution is 0.103. The van der Waals surface area contributed by atoms with Crippen molar-refractivity contribution in [1.29, 1.82) is 0 Å². The van der Waals surface area contributed by atoms with Gasteiger partial charge in [0.15, 0.2) is 0 Å². The Morgan fingerprint density at radius 1 is 1.08 bits per heavy atom. The van der Waals surface area contributed by atoms with Crippen LogP contribution in [0.25, 0.3) is 16.9 Å². The summed E-state index contributed by atoms with van der Waals surface area (Å²) in [5.41, 5.74) is 5.53. The number of fused-ring (bicyclic) bond motifs is 1. The minimum absolute atomic E-state index is 0.121. The molecule has 5 nitrogen and oxygen atoms in total. The number of imidazole rings is 1. The average molecular weight is 362 g/mol. The van der Waals surface area contributed by atoms with Gasteiger partial charge in [0.2, 0.25) is 0 Å². The van der Waals surface area contributed by atoms with Crippen molar-refractivity contribution < 1.29 is 4.79 Å². The second-order valence-electron chi connectivity index (χ2n) is 6.23. The van der Waals surface area contributed by atoms with E-state index in [9.17, 15) is 4.79 Å². The van der Waals surface area contributed by atoms with Crippen molar-refractivity contribution in [2.24, 2.45) is 0 Å². The molecule has 0 aliphatic carbocycles. The molecule has 26 heavy (non-hydrogen) atoms. The molecule has 0 atom stereocenters. The van der Waals surface area contributed by atoms with Crippen LogP contribution in [0.1, 0.15) is 25.9 Å². The fraction of sp³-hybridized carbons (Fsp3) is 0.150. The molecule has 0 bridgehead atoms. The zero-order chi connectivity index (χ0) is 18.3. The van der Waals surface area contributed by atoms with Crippen molar-refractivity contribution >= 4 is 28.6 Å². The van der Waals surface area contributed by atoms with Gasteiger partial charge in [-0.2, -0.15) is 0 Å². The van der Waals surface area contributed by atoms with Crippen molar-refractivity contribution in [2.75, 3.05) is 5.32 Å². The lowest BCUT2D eigenvalue weighted by Gasteiger charge is -2.05. The smallest absolute Gasteiger partial charge is 0.267 e. The van der Waals surface area contributed by atoms with Gasteiger partial charge in [0.25, 0.3) is 5.91 Å². The van der Waals surface area contributed by atoms with E-state index < -0.39 is 0 Å². The van der Waals surface area contributed by atoms with Crippen LogP contribution in [0.2, 0.25) is 0 Å². The maximum Gasteiger partial charge on any atom is 0.267 e. The minimum Gasteiger partial charge on any atom is -0.321 e. The van der Waals surface area contributed by atoms with Gasteiger partial charge in [-0.15, -0.1) is 11.3 Å². The van der Waals surface area contributed by atoms with E-state index in [4.69, 9.17) is 4.98 Å². The van der Waals surface area contributed by atoms with Gasteiger partial charge in [-0.25, -0.2) is 9.97 Å². The van der Waals surface area contributed by atoms with Gasteiger partial charge in [-0.3, -0.25) is 4.79 Å². The summed E-state index contributed by atoms with van der Waals surface area (Å²) in [6, 6.07) is 11.8. The normalized spacial score (nSPS) is 11.0. The van der Waals surface area contributed by atoms with E-state index in [-0.39, 0.29) is 5.91 Å². The van der Waals surface area contributed by atoms with Crippen molar-refractivity contribution in [3.8, 4) is 11.3 Å². The van der Waals surface area contributed by atoms with Gasteiger partial charge in [0.1, 0.15) is 10.5 Å². The first-order chi connectivity index (χ1) is 12.5. The molecule has 4 aromatic rings. The second kappa shape index (κ2) is 6.38. The third kappa shape index (κ3) is 2.99. The van der Waals surface area contributed by atoms with E-state index in [1.165, 1.54) is 11.3 Å². The van der Waals surface area contributed by atoms with E-state index in [0.29, 0.717) is 4.88 Å². The van der Waals surface area contributed by atoms with Crippen molar-refractivity contribution in [2.45, 2.75) is 20.8 Å². The van der Waals surface area contributed by atoms with Crippen LogP contribution in [-0.2, 0) is 0 Å². The Kier molecular flexibility index (Phi) is 4.05. The first-order valence-corrected chi connectivity index (χ1v) is 9.13. The van der Waals surface area contributed by atoms with Crippen molar-refractivity contribution in [3.05, 3.63) is 69.9 Å². The van der Waals surface area contributed by atoms with Crippen molar-refractivity contribution in [1.82, 2.24) is 14.4 Å².